The molecular formula is C21H21F3N4O4S. The first kappa shape index (κ1) is 24.3. The minimum atomic E-state index is -4.74. The molecule has 1 aliphatic heterocycles. The lowest BCUT2D eigenvalue weighted by molar-refractivity contribution is -0.137. The Balaban J connectivity index is 1.97. The first-order valence-electron chi connectivity index (χ1n) is 9.76. The Morgan fingerprint density at radius 2 is 1.94 bits per heavy atom. The molecule has 1 unspecified atom stereocenters. The van der Waals surface area contributed by atoms with Gasteiger partial charge in [0.15, 0.2) is 0 Å². The van der Waals surface area contributed by atoms with Crippen LogP contribution in [0, 0.1) is 11.3 Å². The SMILES string of the molecule is CNC(=O)C1CN(c2ccc(C#N)c(C(F)(F)F)c2)CCN1S(=O)(=O)c1cccc(OC)c1. The Kier molecular flexibility index (Phi) is 6.85. The van der Waals surface area contributed by atoms with E-state index in [0.717, 1.165) is 16.4 Å². The maximum Gasteiger partial charge on any atom is 0.417 e. The van der Waals surface area contributed by atoms with Crippen LogP contribution in [0.4, 0.5) is 18.9 Å². The Morgan fingerprint density at radius 3 is 2.55 bits per heavy atom. The molecular weight excluding hydrogens is 461 g/mol. The van der Waals surface area contributed by atoms with E-state index < -0.39 is 39.3 Å². The molecule has 1 heterocycles. The van der Waals surface area contributed by atoms with Crippen molar-refractivity contribution >= 4 is 21.6 Å². The topological polar surface area (TPSA) is 103 Å². The van der Waals surface area contributed by atoms with Crippen molar-refractivity contribution < 1.29 is 31.1 Å². The lowest BCUT2D eigenvalue weighted by atomic mass is 10.1. The maximum absolute atomic E-state index is 13.4. The van der Waals surface area contributed by atoms with Crippen LogP contribution in [0.15, 0.2) is 47.4 Å². The van der Waals surface area contributed by atoms with Crippen molar-refractivity contribution in [2.75, 3.05) is 38.7 Å². The molecule has 1 amide bonds. The van der Waals surface area contributed by atoms with Crippen molar-refractivity contribution in [3.8, 4) is 11.8 Å². The van der Waals surface area contributed by atoms with Gasteiger partial charge in [0.2, 0.25) is 15.9 Å². The summed E-state index contributed by atoms with van der Waals surface area (Å²) in [4.78, 5) is 14.0. The summed E-state index contributed by atoms with van der Waals surface area (Å²) in [6.45, 7) is -0.273. The van der Waals surface area contributed by atoms with E-state index in [2.05, 4.69) is 5.32 Å². The van der Waals surface area contributed by atoms with E-state index in [1.165, 1.54) is 49.4 Å². The lowest BCUT2D eigenvalue weighted by Gasteiger charge is -2.40. The number of ether oxygens (including phenoxy) is 1. The average Bonchev–Trinajstić information content (AvgIpc) is 2.82. The summed E-state index contributed by atoms with van der Waals surface area (Å²) in [5.74, 6) is -0.278. The monoisotopic (exact) mass is 482 g/mol. The fourth-order valence-corrected chi connectivity index (χ4v) is 5.23. The van der Waals surface area contributed by atoms with Crippen molar-refractivity contribution in [1.29, 1.82) is 5.26 Å². The molecule has 12 heteroatoms. The van der Waals surface area contributed by atoms with Gasteiger partial charge in [-0.3, -0.25) is 4.79 Å². The Bertz CT molecular complexity index is 1190. The number of rotatable bonds is 5. The van der Waals surface area contributed by atoms with Crippen molar-refractivity contribution in [2.24, 2.45) is 0 Å². The first-order valence-corrected chi connectivity index (χ1v) is 11.2. The molecule has 0 bridgehead atoms. The number of hydrogen-bond donors (Lipinski definition) is 1. The molecule has 0 radical (unpaired) electrons. The zero-order chi connectivity index (χ0) is 24.4. The molecule has 0 spiro atoms. The van der Waals surface area contributed by atoms with Gasteiger partial charge in [0, 0.05) is 38.4 Å². The number of halogens is 3. The van der Waals surface area contributed by atoms with E-state index in [4.69, 9.17) is 10.00 Å². The largest absolute Gasteiger partial charge is 0.497 e. The Hall–Kier alpha value is -3.30. The van der Waals surface area contributed by atoms with Gasteiger partial charge in [0.1, 0.15) is 11.8 Å². The Morgan fingerprint density at radius 1 is 1.21 bits per heavy atom. The highest BCUT2D eigenvalue weighted by Gasteiger charge is 2.41. The van der Waals surface area contributed by atoms with Crippen LogP contribution in [0.1, 0.15) is 11.1 Å². The number of nitrogens with one attached hydrogen (secondary N) is 1. The van der Waals surface area contributed by atoms with E-state index in [-0.39, 0.29) is 30.2 Å². The third-order valence-electron chi connectivity index (χ3n) is 5.32. The molecule has 1 N–H and O–H groups in total. The molecule has 0 aromatic heterocycles. The number of likely N-dealkylation sites (N-methyl/N-ethyl adjacent to an activating group) is 1. The zero-order valence-electron chi connectivity index (χ0n) is 17.8. The van der Waals surface area contributed by atoms with Gasteiger partial charge < -0.3 is 15.0 Å². The van der Waals surface area contributed by atoms with Crippen LogP contribution in [0.25, 0.3) is 0 Å². The average molecular weight is 482 g/mol. The molecule has 8 nitrogen and oxygen atoms in total. The molecule has 1 aliphatic rings. The quantitative estimate of drug-likeness (QED) is 0.701. The highest BCUT2D eigenvalue weighted by Crippen LogP contribution is 2.35. The molecule has 0 aliphatic carbocycles. The van der Waals surface area contributed by atoms with E-state index in [1.807, 2.05) is 0 Å². The van der Waals surface area contributed by atoms with Crippen molar-refractivity contribution in [3.05, 3.63) is 53.6 Å². The van der Waals surface area contributed by atoms with Crippen LogP contribution in [0.3, 0.4) is 0 Å². The zero-order valence-corrected chi connectivity index (χ0v) is 18.6. The lowest BCUT2D eigenvalue weighted by Crippen LogP contribution is -2.60. The van der Waals surface area contributed by atoms with Crippen molar-refractivity contribution in [1.82, 2.24) is 9.62 Å². The van der Waals surface area contributed by atoms with Gasteiger partial charge in [-0.1, -0.05) is 6.07 Å². The van der Waals surface area contributed by atoms with Crippen LogP contribution < -0.4 is 15.0 Å². The third kappa shape index (κ3) is 4.89. The van der Waals surface area contributed by atoms with E-state index in [1.54, 1.807) is 6.07 Å². The predicted octanol–water partition coefficient (Wildman–Crippen LogP) is 2.21. The standard InChI is InChI=1S/C21H21F3N4O4S/c1-26-20(29)19-13-27(15-7-6-14(12-25)18(10-15)21(22,23)24)8-9-28(19)33(30,31)17-5-3-4-16(11-17)32-2/h3-7,10-11,19H,8-9,13H2,1-2H3,(H,26,29). The number of alkyl halides is 3. The highest BCUT2D eigenvalue weighted by atomic mass is 32.2. The summed E-state index contributed by atoms with van der Waals surface area (Å²) in [7, 11) is -1.36. The van der Waals surface area contributed by atoms with Crippen LogP contribution in [0.2, 0.25) is 0 Å². The molecule has 3 rings (SSSR count). The number of carbonyl (C=O) groups is 1. The van der Waals surface area contributed by atoms with Gasteiger partial charge >= 0.3 is 6.18 Å². The number of piperazine rings is 1. The van der Waals surface area contributed by atoms with Crippen molar-refractivity contribution in [3.63, 3.8) is 0 Å². The number of methoxy groups -OCH3 is 1. The molecule has 176 valence electrons. The summed E-state index contributed by atoms with van der Waals surface area (Å²) in [5.41, 5.74) is -1.48. The number of amides is 1. The summed E-state index contributed by atoms with van der Waals surface area (Å²) < 4.78 is 72.8. The van der Waals surface area contributed by atoms with E-state index in [0.29, 0.717) is 5.75 Å². The maximum atomic E-state index is 13.4. The smallest absolute Gasteiger partial charge is 0.417 e. The van der Waals surface area contributed by atoms with E-state index >= 15 is 0 Å². The molecule has 33 heavy (non-hydrogen) atoms. The normalized spacial score (nSPS) is 17.3. The van der Waals surface area contributed by atoms with E-state index in [9.17, 15) is 26.4 Å². The first-order chi connectivity index (χ1) is 15.5. The fourth-order valence-electron chi connectivity index (χ4n) is 3.63. The molecule has 1 fully saturated rings. The molecule has 2 aromatic carbocycles. The number of benzene rings is 2. The summed E-state index contributed by atoms with van der Waals surface area (Å²) >= 11 is 0. The number of anilines is 1. The van der Waals surface area contributed by atoms with Crippen LogP contribution in [0.5, 0.6) is 5.75 Å². The van der Waals surface area contributed by atoms with Gasteiger partial charge in [0.05, 0.1) is 29.2 Å². The predicted molar refractivity (Wildman–Crippen MR) is 113 cm³/mol. The van der Waals surface area contributed by atoms with Gasteiger partial charge in [-0.15, -0.1) is 0 Å². The molecule has 2 aromatic rings. The number of nitriles is 1. The number of sulfonamides is 1. The van der Waals surface area contributed by atoms with Gasteiger partial charge in [-0.25, -0.2) is 8.42 Å². The molecule has 1 saturated heterocycles. The highest BCUT2D eigenvalue weighted by molar-refractivity contribution is 7.89. The molecule has 0 saturated carbocycles. The minimum absolute atomic E-state index is 0.0416. The minimum Gasteiger partial charge on any atom is -0.497 e. The van der Waals surface area contributed by atoms with Crippen LogP contribution in [-0.2, 0) is 21.0 Å². The van der Waals surface area contributed by atoms with Gasteiger partial charge in [0.25, 0.3) is 0 Å². The van der Waals surface area contributed by atoms with Gasteiger partial charge in [-0.2, -0.15) is 22.7 Å². The number of nitrogens with zero attached hydrogens (tertiary/aromatic N) is 3. The molecule has 1 atom stereocenters. The number of carbonyl (C=O) groups excluding carboxylic acids is 1. The second kappa shape index (κ2) is 9.29. The fraction of sp³-hybridized carbons (Fsp3) is 0.333. The van der Waals surface area contributed by atoms with Gasteiger partial charge in [-0.05, 0) is 30.3 Å². The summed E-state index contributed by atoms with van der Waals surface area (Å²) in [6, 6.07) is 9.38. The summed E-state index contributed by atoms with van der Waals surface area (Å²) in [6.07, 6.45) is -4.74. The number of hydrogen-bond acceptors (Lipinski definition) is 6. The van der Waals surface area contributed by atoms with Crippen LogP contribution >= 0.6 is 0 Å². The van der Waals surface area contributed by atoms with Crippen LogP contribution in [-0.4, -0.2) is 58.5 Å². The summed E-state index contributed by atoms with van der Waals surface area (Å²) in [5, 5.41) is 11.4. The second-order valence-corrected chi connectivity index (χ2v) is 9.10. The van der Waals surface area contributed by atoms with Crippen molar-refractivity contribution in [2.45, 2.75) is 17.1 Å². The third-order valence-corrected chi connectivity index (χ3v) is 7.23. The Labute approximate surface area is 189 Å². The second-order valence-electron chi connectivity index (χ2n) is 7.21.